The molecule has 1 aliphatic rings. The number of rotatable bonds is 4. The molecular weight excluding hydrogens is 243 g/mol. The van der Waals surface area contributed by atoms with E-state index in [2.05, 4.69) is 31.0 Å². The summed E-state index contributed by atoms with van der Waals surface area (Å²) >= 11 is 0. The SMILES string of the molecule is CCNCc1cc(F)ccc1N1CC(C)OCC1C. The van der Waals surface area contributed by atoms with Crippen LogP contribution in [0.25, 0.3) is 0 Å². The second kappa shape index (κ2) is 6.35. The molecule has 1 aliphatic heterocycles. The van der Waals surface area contributed by atoms with Crippen LogP contribution in [0.5, 0.6) is 0 Å². The van der Waals surface area contributed by atoms with Gasteiger partial charge in [0.05, 0.1) is 12.7 Å². The average molecular weight is 266 g/mol. The van der Waals surface area contributed by atoms with Crippen molar-refractivity contribution in [2.24, 2.45) is 0 Å². The van der Waals surface area contributed by atoms with E-state index in [-0.39, 0.29) is 11.9 Å². The summed E-state index contributed by atoms with van der Waals surface area (Å²) in [6.07, 6.45) is 0.216. The van der Waals surface area contributed by atoms with Crippen molar-refractivity contribution in [1.29, 1.82) is 0 Å². The number of halogens is 1. The largest absolute Gasteiger partial charge is 0.375 e. The second-order valence-electron chi connectivity index (χ2n) is 5.20. The normalized spacial score (nSPS) is 23.7. The monoisotopic (exact) mass is 266 g/mol. The molecule has 0 bridgehead atoms. The highest BCUT2D eigenvalue weighted by atomic mass is 19.1. The Morgan fingerprint density at radius 1 is 1.42 bits per heavy atom. The molecule has 19 heavy (non-hydrogen) atoms. The van der Waals surface area contributed by atoms with Crippen molar-refractivity contribution in [2.45, 2.75) is 39.5 Å². The van der Waals surface area contributed by atoms with Crippen molar-refractivity contribution in [3.05, 3.63) is 29.6 Å². The predicted octanol–water partition coefficient (Wildman–Crippen LogP) is 2.55. The summed E-state index contributed by atoms with van der Waals surface area (Å²) in [5, 5.41) is 3.27. The lowest BCUT2D eigenvalue weighted by atomic mass is 10.1. The number of nitrogens with one attached hydrogen (secondary N) is 1. The highest BCUT2D eigenvalue weighted by Crippen LogP contribution is 2.26. The molecule has 1 N–H and O–H groups in total. The molecule has 0 aliphatic carbocycles. The molecule has 1 aromatic carbocycles. The first-order valence-electron chi connectivity index (χ1n) is 6.99. The minimum absolute atomic E-state index is 0.175. The minimum atomic E-state index is -0.175. The van der Waals surface area contributed by atoms with Crippen LogP contribution in [0.1, 0.15) is 26.3 Å². The molecule has 2 unspecified atom stereocenters. The summed E-state index contributed by atoms with van der Waals surface area (Å²) < 4.78 is 19.1. The van der Waals surface area contributed by atoms with Crippen molar-refractivity contribution >= 4 is 5.69 Å². The number of nitrogens with zero attached hydrogens (tertiary/aromatic N) is 1. The zero-order valence-electron chi connectivity index (χ0n) is 11.9. The van der Waals surface area contributed by atoms with Crippen LogP contribution >= 0.6 is 0 Å². The molecule has 1 saturated heterocycles. The van der Waals surface area contributed by atoms with Crippen molar-refractivity contribution < 1.29 is 9.13 Å². The fraction of sp³-hybridized carbons (Fsp3) is 0.600. The Kier molecular flexibility index (Phi) is 4.77. The topological polar surface area (TPSA) is 24.5 Å². The molecule has 2 atom stereocenters. The molecule has 2 rings (SSSR count). The van der Waals surface area contributed by atoms with E-state index in [0.29, 0.717) is 12.6 Å². The molecule has 0 aromatic heterocycles. The van der Waals surface area contributed by atoms with Gasteiger partial charge in [-0.25, -0.2) is 4.39 Å². The standard InChI is InChI=1S/C15H23FN2O/c1-4-17-8-13-7-14(16)5-6-15(13)18-9-12(3)19-10-11(18)2/h5-7,11-12,17H,4,8-10H2,1-3H3. The molecule has 3 nitrogen and oxygen atoms in total. The van der Waals surface area contributed by atoms with Crippen LogP contribution in [0.3, 0.4) is 0 Å². The van der Waals surface area contributed by atoms with E-state index in [9.17, 15) is 4.39 Å². The molecule has 1 heterocycles. The predicted molar refractivity (Wildman–Crippen MR) is 76.0 cm³/mol. The molecule has 1 aromatic rings. The molecule has 1 fully saturated rings. The Hall–Kier alpha value is -1.13. The summed E-state index contributed by atoms with van der Waals surface area (Å²) in [5.41, 5.74) is 2.13. The fourth-order valence-corrected chi connectivity index (χ4v) is 2.47. The summed E-state index contributed by atoms with van der Waals surface area (Å²) in [4.78, 5) is 2.32. The Balaban J connectivity index is 2.26. The van der Waals surface area contributed by atoms with E-state index < -0.39 is 0 Å². The lowest BCUT2D eigenvalue weighted by molar-refractivity contribution is 0.0343. The quantitative estimate of drug-likeness (QED) is 0.906. The Labute approximate surface area is 114 Å². The van der Waals surface area contributed by atoms with E-state index in [4.69, 9.17) is 4.74 Å². The first kappa shape index (κ1) is 14.3. The van der Waals surface area contributed by atoms with Crippen LogP contribution < -0.4 is 10.2 Å². The maximum Gasteiger partial charge on any atom is 0.123 e. The van der Waals surface area contributed by atoms with E-state index >= 15 is 0 Å². The number of morpholine rings is 1. The molecular formula is C15H23FN2O. The van der Waals surface area contributed by atoms with Crippen LogP contribution in [0.2, 0.25) is 0 Å². The van der Waals surface area contributed by atoms with Crippen LogP contribution in [0.15, 0.2) is 18.2 Å². The van der Waals surface area contributed by atoms with E-state index in [1.165, 1.54) is 6.07 Å². The first-order chi connectivity index (χ1) is 9.11. The molecule has 0 amide bonds. The molecule has 0 spiro atoms. The zero-order chi connectivity index (χ0) is 13.8. The van der Waals surface area contributed by atoms with Gasteiger partial charge in [0, 0.05) is 24.8 Å². The maximum absolute atomic E-state index is 13.4. The van der Waals surface area contributed by atoms with Gasteiger partial charge in [0.2, 0.25) is 0 Å². The van der Waals surface area contributed by atoms with Gasteiger partial charge in [-0.1, -0.05) is 6.92 Å². The Bertz CT molecular complexity index is 425. The Morgan fingerprint density at radius 2 is 2.21 bits per heavy atom. The van der Waals surface area contributed by atoms with Gasteiger partial charge in [0.15, 0.2) is 0 Å². The van der Waals surface area contributed by atoms with Crippen LogP contribution in [-0.4, -0.2) is 31.8 Å². The number of hydrogen-bond acceptors (Lipinski definition) is 3. The Morgan fingerprint density at radius 3 is 2.95 bits per heavy atom. The minimum Gasteiger partial charge on any atom is -0.375 e. The lowest BCUT2D eigenvalue weighted by Crippen LogP contribution is -2.47. The fourth-order valence-electron chi connectivity index (χ4n) is 2.47. The van der Waals surface area contributed by atoms with Crippen molar-refractivity contribution in [3.8, 4) is 0 Å². The van der Waals surface area contributed by atoms with E-state index in [1.807, 2.05) is 6.07 Å². The van der Waals surface area contributed by atoms with Gasteiger partial charge in [-0.2, -0.15) is 0 Å². The number of ether oxygens (including phenoxy) is 1. The molecule has 0 radical (unpaired) electrons. The van der Waals surface area contributed by atoms with Crippen molar-refractivity contribution in [3.63, 3.8) is 0 Å². The highest BCUT2D eigenvalue weighted by Gasteiger charge is 2.25. The second-order valence-corrected chi connectivity index (χ2v) is 5.20. The van der Waals surface area contributed by atoms with Gasteiger partial charge in [0.1, 0.15) is 5.82 Å². The lowest BCUT2D eigenvalue weighted by Gasteiger charge is -2.39. The van der Waals surface area contributed by atoms with Gasteiger partial charge < -0.3 is 15.0 Å². The van der Waals surface area contributed by atoms with Crippen LogP contribution in [0.4, 0.5) is 10.1 Å². The number of hydrogen-bond donors (Lipinski definition) is 1. The third kappa shape index (κ3) is 3.45. The zero-order valence-corrected chi connectivity index (χ0v) is 11.9. The van der Waals surface area contributed by atoms with Crippen LogP contribution in [0, 0.1) is 5.82 Å². The van der Waals surface area contributed by atoms with Gasteiger partial charge in [-0.15, -0.1) is 0 Å². The van der Waals surface area contributed by atoms with Gasteiger partial charge in [-0.05, 0) is 44.2 Å². The van der Waals surface area contributed by atoms with E-state index in [1.54, 1.807) is 6.07 Å². The highest BCUT2D eigenvalue weighted by molar-refractivity contribution is 5.55. The molecule has 4 heteroatoms. The van der Waals surface area contributed by atoms with Crippen LogP contribution in [-0.2, 0) is 11.3 Å². The summed E-state index contributed by atoms with van der Waals surface area (Å²) in [6, 6.07) is 5.38. The number of benzene rings is 1. The van der Waals surface area contributed by atoms with Gasteiger partial charge in [-0.3, -0.25) is 0 Å². The third-order valence-electron chi connectivity index (χ3n) is 3.52. The van der Waals surface area contributed by atoms with Gasteiger partial charge in [0.25, 0.3) is 0 Å². The number of anilines is 1. The summed E-state index contributed by atoms with van der Waals surface area (Å²) in [7, 11) is 0. The average Bonchev–Trinajstić information content (AvgIpc) is 2.39. The van der Waals surface area contributed by atoms with E-state index in [0.717, 1.165) is 30.9 Å². The smallest absolute Gasteiger partial charge is 0.123 e. The van der Waals surface area contributed by atoms with Gasteiger partial charge >= 0.3 is 0 Å². The first-order valence-corrected chi connectivity index (χ1v) is 6.99. The van der Waals surface area contributed by atoms with Crippen molar-refractivity contribution in [1.82, 2.24) is 5.32 Å². The third-order valence-corrected chi connectivity index (χ3v) is 3.52. The maximum atomic E-state index is 13.4. The van der Waals surface area contributed by atoms with Crippen molar-refractivity contribution in [2.75, 3.05) is 24.6 Å². The molecule has 0 saturated carbocycles. The molecule has 106 valence electrons. The summed E-state index contributed by atoms with van der Waals surface area (Å²) in [5.74, 6) is -0.175. The summed E-state index contributed by atoms with van der Waals surface area (Å²) in [6.45, 7) is 9.43.